The number of likely N-dealkylation sites (tertiary alicyclic amines) is 1. The van der Waals surface area contributed by atoms with Crippen LogP contribution in [0.2, 0.25) is 0 Å². The zero-order chi connectivity index (χ0) is 17.3. The van der Waals surface area contributed by atoms with E-state index in [1.807, 2.05) is 16.9 Å². The van der Waals surface area contributed by atoms with Crippen molar-refractivity contribution < 1.29 is 4.79 Å². The molecule has 1 N–H and O–H groups in total. The Balaban J connectivity index is 1.40. The summed E-state index contributed by atoms with van der Waals surface area (Å²) in [4.78, 5) is 18.1. The fraction of sp³-hybridized carbons (Fsp3) is 0.789. The Bertz CT molecular complexity index is 577. The van der Waals surface area contributed by atoms with Gasteiger partial charge in [-0.3, -0.25) is 9.48 Å². The van der Waals surface area contributed by atoms with E-state index in [0.717, 1.165) is 57.9 Å². The summed E-state index contributed by atoms with van der Waals surface area (Å²) in [5, 5.41) is 7.83. The third kappa shape index (κ3) is 3.60. The second kappa shape index (κ2) is 7.08. The highest BCUT2D eigenvalue weighted by atomic mass is 16.2. The predicted octanol–water partition coefficient (Wildman–Crippen LogP) is 1.15. The lowest BCUT2D eigenvalue weighted by atomic mass is 9.87. The Morgan fingerprint density at radius 1 is 1.24 bits per heavy atom. The van der Waals surface area contributed by atoms with E-state index in [0.29, 0.717) is 5.92 Å². The van der Waals surface area contributed by atoms with Crippen molar-refractivity contribution in [2.24, 2.45) is 11.8 Å². The van der Waals surface area contributed by atoms with Crippen molar-refractivity contribution in [2.45, 2.75) is 37.6 Å². The van der Waals surface area contributed by atoms with Gasteiger partial charge in [0, 0.05) is 38.6 Å². The summed E-state index contributed by atoms with van der Waals surface area (Å²) in [6, 6.07) is 1.93. The summed E-state index contributed by atoms with van der Waals surface area (Å²) >= 11 is 0. The number of hydrogen-bond donors (Lipinski definition) is 1. The average molecular weight is 345 g/mol. The predicted molar refractivity (Wildman–Crippen MR) is 97.2 cm³/mol. The lowest BCUT2D eigenvalue weighted by Gasteiger charge is -2.39. The minimum absolute atomic E-state index is 0.282. The summed E-state index contributed by atoms with van der Waals surface area (Å²) < 4.78 is 1.92. The van der Waals surface area contributed by atoms with Gasteiger partial charge in [0.25, 0.3) is 5.91 Å². The highest BCUT2D eigenvalue weighted by Gasteiger charge is 2.45. The molecule has 1 aliphatic carbocycles. The van der Waals surface area contributed by atoms with Gasteiger partial charge in [0.2, 0.25) is 0 Å². The molecular formula is C19H31N5O. The monoisotopic (exact) mass is 345 g/mol. The number of carbonyl (C=O) groups excluding carboxylic acids is 1. The topological polar surface area (TPSA) is 53.4 Å². The summed E-state index contributed by atoms with van der Waals surface area (Å²) in [5.41, 5.74) is -0.483. The molecule has 0 aromatic carbocycles. The quantitative estimate of drug-likeness (QED) is 0.840. The maximum absolute atomic E-state index is 13.5. The van der Waals surface area contributed by atoms with Crippen molar-refractivity contribution in [1.82, 2.24) is 24.9 Å². The van der Waals surface area contributed by atoms with Crippen molar-refractivity contribution in [2.75, 3.05) is 46.3 Å². The SMILES string of the molecule is CN(CC1CC1)CC1CCN(C(=O)C2(n3cccn3)CCNCC2)C1. The molecular weight excluding hydrogens is 314 g/mol. The Hall–Kier alpha value is -1.40. The smallest absolute Gasteiger partial charge is 0.250 e. The van der Waals surface area contributed by atoms with Gasteiger partial charge in [-0.1, -0.05) is 0 Å². The highest BCUT2D eigenvalue weighted by molar-refractivity contribution is 5.85. The van der Waals surface area contributed by atoms with Crippen LogP contribution in [0.3, 0.4) is 0 Å². The molecule has 2 aliphatic heterocycles. The summed E-state index contributed by atoms with van der Waals surface area (Å²) in [6.45, 7) is 5.92. The molecule has 25 heavy (non-hydrogen) atoms. The van der Waals surface area contributed by atoms with Gasteiger partial charge in [-0.05, 0) is 70.1 Å². The van der Waals surface area contributed by atoms with Gasteiger partial charge in [-0.15, -0.1) is 0 Å². The first-order chi connectivity index (χ1) is 12.2. The van der Waals surface area contributed by atoms with Gasteiger partial charge in [0.05, 0.1) is 0 Å². The van der Waals surface area contributed by atoms with Gasteiger partial charge in [0.15, 0.2) is 0 Å². The van der Waals surface area contributed by atoms with Crippen molar-refractivity contribution >= 4 is 5.91 Å². The molecule has 1 saturated carbocycles. The number of amides is 1. The van der Waals surface area contributed by atoms with Crippen LogP contribution in [0.5, 0.6) is 0 Å². The molecule has 3 aliphatic rings. The first kappa shape index (κ1) is 17.0. The van der Waals surface area contributed by atoms with Crippen molar-refractivity contribution in [3.8, 4) is 0 Å². The second-order valence-corrected chi connectivity index (χ2v) is 8.30. The minimum atomic E-state index is -0.483. The molecule has 0 radical (unpaired) electrons. The molecule has 4 rings (SSSR count). The van der Waals surface area contributed by atoms with E-state index in [4.69, 9.17) is 0 Å². The van der Waals surface area contributed by atoms with E-state index in [9.17, 15) is 4.79 Å². The molecule has 2 saturated heterocycles. The van der Waals surface area contributed by atoms with E-state index in [-0.39, 0.29) is 5.91 Å². The zero-order valence-corrected chi connectivity index (χ0v) is 15.4. The third-order valence-corrected chi connectivity index (χ3v) is 6.18. The van der Waals surface area contributed by atoms with Crippen LogP contribution >= 0.6 is 0 Å². The highest BCUT2D eigenvalue weighted by Crippen LogP contribution is 2.33. The van der Waals surface area contributed by atoms with Gasteiger partial charge in [0.1, 0.15) is 5.54 Å². The molecule has 1 unspecified atom stereocenters. The molecule has 1 atom stereocenters. The van der Waals surface area contributed by atoms with Crippen LogP contribution in [0, 0.1) is 11.8 Å². The van der Waals surface area contributed by atoms with E-state index in [1.54, 1.807) is 6.20 Å². The molecule has 1 aromatic rings. The van der Waals surface area contributed by atoms with E-state index in [2.05, 4.69) is 27.3 Å². The first-order valence-corrected chi connectivity index (χ1v) is 9.86. The minimum Gasteiger partial charge on any atom is -0.340 e. The maximum atomic E-state index is 13.5. The van der Waals surface area contributed by atoms with Crippen LogP contribution in [0.1, 0.15) is 32.1 Å². The fourth-order valence-corrected chi connectivity index (χ4v) is 4.62. The average Bonchev–Trinajstić information content (AvgIpc) is 3.10. The van der Waals surface area contributed by atoms with Crippen molar-refractivity contribution in [3.05, 3.63) is 18.5 Å². The van der Waals surface area contributed by atoms with Gasteiger partial charge >= 0.3 is 0 Å². The van der Waals surface area contributed by atoms with Crippen LogP contribution in [0.15, 0.2) is 18.5 Å². The molecule has 3 fully saturated rings. The lowest BCUT2D eigenvalue weighted by molar-refractivity contribution is -0.142. The first-order valence-electron chi connectivity index (χ1n) is 9.86. The van der Waals surface area contributed by atoms with Crippen LogP contribution in [-0.4, -0.2) is 71.8 Å². The Morgan fingerprint density at radius 3 is 2.68 bits per heavy atom. The molecule has 0 bridgehead atoms. The number of nitrogens with one attached hydrogen (secondary N) is 1. The normalized spacial score (nSPS) is 26.3. The van der Waals surface area contributed by atoms with Crippen LogP contribution < -0.4 is 5.32 Å². The summed E-state index contributed by atoms with van der Waals surface area (Å²) in [7, 11) is 2.24. The molecule has 6 nitrogen and oxygen atoms in total. The number of carbonyl (C=O) groups is 1. The van der Waals surface area contributed by atoms with E-state index >= 15 is 0 Å². The molecule has 1 aromatic heterocycles. The van der Waals surface area contributed by atoms with Gasteiger partial charge < -0.3 is 15.1 Å². The summed E-state index contributed by atoms with van der Waals surface area (Å²) in [5.74, 6) is 1.83. The van der Waals surface area contributed by atoms with E-state index < -0.39 is 5.54 Å². The molecule has 3 heterocycles. The summed E-state index contributed by atoms with van der Waals surface area (Å²) in [6.07, 6.45) is 9.34. The van der Waals surface area contributed by atoms with Crippen LogP contribution in [0.4, 0.5) is 0 Å². The molecule has 6 heteroatoms. The molecule has 1 amide bonds. The largest absolute Gasteiger partial charge is 0.340 e. The van der Waals surface area contributed by atoms with Gasteiger partial charge in [-0.2, -0.15) is 5.10 Å². The van der Waals surface area contributed by atoms with Crippen molar-refractivity contribution in [1.29, 1.82) is 0 Å². The van der Waals surface area contributed by atoms with Gasteiger partial charge in [-0.25, -0.2) is 0 Å². The van der Waals surface area contributed by atoms with Crippen molar-refractivity contribution in [3.63, 3.8) is 0 Å². The molecule has 138 valence electrons. The number of rotatable bonds is 6. The molecule has 0 spiro atoms. The number of aromatic nitrogens is 2. The number of hydrogen-bond acceptors (Lipinski definition) is 4. The Kier molecular flexibility index (Phi) is 4.82. The lowest BCUT2D eigenvalue weighted by Crippen LogP contribution is -2.55. The number of nitrogens with zero attached hydrogens (tertiary/aromatic N) is 4. The maximum Gasteiger partial charge on any atom is 0.250 e. The number of piperidine rings is 1. The van der Waals surface area contributed by atoms with E-state index in [1.165, 1.54) is 19.4 Å². The fourth-order valence-electron chi connectivity index (χ4n) is 4.62. The Labute approximate surface area is 150 Å². The zero-order valence-electron chi connectivity index (χ0n) is 15.4. The van der Waals surface area contributed by atoms with Crippen LogP contribution in [-0.2, 0) is 10.3 Å². The second-order valence-electron chi connectivity index (χ2n) is 8.30. The standard InChI is InChI=1S/C19H31N5O/c1-22(13-16-3-4-16)14-17-5-12-23(15-17)18(25)19(6-9-20-10-7-19)24-11-2-8-21-24/h2,8,11,16-17,20H,3-7,9-10,12-15H2,1H3. The third-order valence-electron chi connectivity index (χ3n) is 6.18. The Morgan fingerprint density at radius 2 is 2.00 bits per heavy atom. The van der Waals surface area contributed by atoms with Crippen LogP contribution in [0.25, 0.3) is 0 Å².